The average molecular weight is 1030 g/mol. The fraction of sp³-hybridized carbons (Fsp3) is 0.565. The standard InChI is InChI=1S/C62H76N2O11/c1-61(71,20-21-73-3)35-64-46-27-42(26-43(28-46)54(67)34-63-2)39-16-17-40-33-56(68)75-59-48(40)31-44(58(69)57(59)38-12-5-4-6-13-38)32-55-62(72)51-15-8-7-14-41(51)30-49-50(53(66)19-18-52(49)62)24-37-11-9-10-36(22-37)23-47(65)29-45(25-39)60(70)74-55/h7,9-11,14,22,26-29,31,38-41,47,49-52,54-55,63-65,67,69,71-72H,4-6,8,12-13,15,18-21,23-25,30,32-35H2,1-3H3/b45-29-/t39-,40-,41+,47-,49+,50+,51+,52-,54+,55-,61+,62+/m1/s1. The molecule has 13 heteroatoms. The number of phenolic OH excluding ortho intramolecular Hbond substituents is 1. The van der Waals surface area contributed by atoms with E-state index in [1.54, 1.807) is 27.2 Å². The fourth-order valence-electron chi connectivity index (χ4n) is 14.2. The van der Waals surface area contributed by atoms with Crippen LogP contribution in [-0.4, -0.2) is 101 Å². The second-order valence-corrected chi connectivity index (χ2v) is 23.2. The molecule has 13 nitrogen and oxygen atoms in total. The van der Waals surface area contributed by atoms with Crippen LogP contribution in [0, 0.1) is 41.4 Å². The maximum Gasteiger partial charge on any atom is 0.334 e. The topological polar surface area (TPSA) is 204 Å². The van der Waals surface area contributed by atoms with Gasteiger partial charge in [-0.15, -0.1) is 0 Å². The van der Waals surface area contributed by atoms with Gasteiger partial charge < -0.3 is 50.4 Å². The number of likely N-dealkylation sites (N-methyl/N-ethyl adjacent to an activating group) is 1. The number of allylic oxidation sites excluding steroid dienone is 2. The van der Waals surface area contributed by atoms with Crippen LogP contribution < -0.4 is 15.4 Å². The van der Waals surface area contributed by atoms with Crippen LogP contribution in [0.25, 0.3) is 0 Å². The van der Waals surface area contributed by atoms with E-state index >= 15 is 4.79 Å². The number of carbonyl (C=O) groups excluding carboxylic acids is 3. The molecule has 0 aromatic heterocycles. The van der Waals surface area contributed by atoms with Crippen LogP contribution in [0.5, 0.6) is 11.5 Å². The van der Waals surface area contributed by atoms with Crippen molar-refractivity contribution in [2.24, 2.45) is 29.6 Å². The predicted molar refractivity (Wildman–Crippen MR) is 284 cm³/mol. The number of aliphatic hydroxyl groups excluding tert-OH is 2. The van der Waals surface area contributed by atoms with Crippen molar-refractivity contribution in [1.82, 2.24) is 5.32 Å². The van der Waals surface area contributed by atoms with Crippen LogP contribution in [0.3, 0.4) is 0 Å². The molecule has 0 amide bonds. The van der Waals surface area contributed by atoms with Gasteiger partial charge in [0, 0.05) is 86.7 Å². The van der Waals surface area contributed by atoms with E-state index in [1.807, 2.05) is 48.5 Å². The van der Waals surface area contributed by atoms with E-state index in [4.69, 9.17) is 14.2 Å². The van der Waals surface area contributed by atoms with Crippen molar-refractivity contribution in [3.8, 4) is 23.3 Å². The number of Topliss-reactive ketones (excluding diaryl/α,β-unsaturated/α-hetero) is 1. The Balaban J connectivity index is 1.20. The monoisotopic (exact) mass is 1020 g/mol. The van der Waals surface area contributed by atoms with Gasteiger partial charge >= 0.3 is 11.9 Å². The second kappa shape index (κ2) is 22.3. The third-order valence-electron chi connectivity index (χ3n) is 18.1. The Morgan fingerprint density at radius 3 is 2.51 bits per heavy atom. The van der Waals surface area contributed by atoms with Crippen molar-refractivity contribution in [2.75, 3.05) is 39.2 Å². The van der Waals surface area contributed by atoms with E-state index in [-0.39, 0.29) is 86.0 Å². The number of methoxy groups -OCH3 is 1. The van der Waals surface area contributed by atoms with E-state index in [0.717, 1.165) is 49.7 Å². The molecule has 75 heavy (non-hydrogen) atoms. The molecule has 3 aromatic carbocycles. The van der Waals surface area contributed by atoms with Crippen LogP contribution in [0.15, 0.2) is 72.3 Å². The van der Waals surface area contributed by atoms with Gasteiger partial charge in [-0.1, -0.05) is 73.6 Å². The largest absolute Gasteiger partial charge is 0.507 e. The highest BCUT2D eigenvalue weighted by Gasteiger charge is 2.62. The molecule has 7 aliphatic rings. The SMILES string of the molecule is CNC[C@H](O)c1cc(NC[C@@](C)(O)CCOC)cc([C@@H]2C#C[C@@H]3CC(=O)Oc4c3cc(c(O)c4C3CCCCC3)C[C@H]3OC(=O)/C(=C\[C@H](O)Cc4cccc(c4)C[C@@H]4C(=O)CC[C@@H]5[C@H]4C[C@@H]4C=CCC[C@@H]4[C@]53O)C2)c1. The lowest BCUT2D eigenvalue weighted by Gasteiger charge is -2.58. The Labute approximate surface area is 441 Å². The summed E-state index contributed by atoms with van der Waals surface area (Å²) in [5.41, 5.74) is 2.59. The zero-order chi connectivity index (χ0) is 52.6. The first-order valence-corrected chi connectivity index (χ1v) is 27.7. The maximum absolute atomic E-state index is 15.7. The zero-order valence-corrected chi connectivity index (χ0v) is 43.8. The van der Waals surface area contributed by atoms with Crippen molar-refractivity contribution in [1.29, 1.82) is 0 Å². The molecule has 3 fully saturated rings. The lowest BCUT2D eigenvalue weighted by molar-refractivity contribution is -0.221. The number of esters is 2. The number of hydrogen-bond acceptors (Lipinski definition) is 13. The van der Waals surface area contributed by atoms with Crippen LogP contribution in [-0.2, 0) is 43.1 Å². The van der Waals surface area contributed by atoms with Gasteiger partial charge in [0.15, 0.2) is 0 Å². The van der Waals surface area contributed by atoms with Crippen LogP contribution >= 0.6 is 0 Å². The third-order valence-corrected chi connectivity index (χ3v) is 18.1. The first-order chi connectivity index (χ1) is 36.1. The molecule has 0 radical (unpaired) electrons. The summed E-state index contributed by atoms with van der Waals surface area (Å²) in [4.78, 5) is 43.9. The molecule has 7 N–H and O–H groups in total. The van der Waals surface area contributed by atoms with Crippen molar-refractivity contribution >= 4 is 23.4 Å². The molecule has 3 aliphatic heterocycles. The van der Waals surface area contributed by atoms with Crippen LogP contribution in [0.2, 0.25) is 0 Å². The molecule has 400 valence electrons. The maximum atomic E-state index is 15.7. The molecular weight excluding hydrogens is 949 g/mol. The first-order valence-electron chi connectivity index (χ1n) is 27.7. The van der Waals surface area contributed by atoms with Crippen molar-refractivity contribution in [2.45, 2.75) is 157 Å². The van der Waals surface area contributed by atoms with Gasteiger partial charge in [-0.05, 0) is 147 Å². The Bertz CT molecular complexity index is 2770. The number of fused-ring (bicyclic) bond motifs is 9. The fourth-order valence-corrected chi connectivity index (χ4v) is 14.2. The Hall–Kier alpha value is -5.33. The lowest BCUT2D eigenvalue weighted by atomic mass is 9.49. The second-order valence-electron chi connectivity index (χ2n) is 23.2. The van der Waals surface area contributed by atoms with Crippen molar-refractivity contribution in [3.05, 3.63) is 111 Å². The smallest absolute Gasteiger partial charge is 0.334 e. The van der Waals surface area contributed by atoms with Crippen LogP contribution in [0.4, 0.5) is 5.69 Å². The van der Waals surface area contributed by atoms with Crippen molar-refractivity contribution < 1.29 is 54.1 Å². The van der Waals surface area contributed by atoms with E-state index < -0.39 is 65.1 Å². The average Bonchev–Trinajstić information content (AvgIpc) is 3.41. The zero-order valence-electron chi connectivity index (χ0n) is 43.8. The van der Waals surface area contributed by atoms with Gasteiger partial charge in [-0.25, -0.2) is 4.79 Å². The minimum atomic E-state index is -1.66. The minimum Gasteiger partial charge on any atom is -0.507 e. The quantitative estimate of drug-likeness (QED) is 0.0423. The molecule has 3 heterocycles. The van der Waals surface area contributed by atoms with E-state index in [9.17, 15) is 35.1 Å². The summed E-state index contributed by atoms with van der Waals surface area (Å²) < 4.78 is 18.5. The number of nitrogens with one attached hydrogen (secondary N) is 2. The van der Waals surface area contributed by atoms with Crippen LogP contribution in [0.1, 0.15) is 153 Å². The van der Waals surface area contributed by atoms with E-state index in [1.165, 1.54) is 0 Å². The van der Waals surface area contributed by atoms with Gasteiger partial charge in [-0.3, -0.25) is 9.59 Å². The lowest BCUT2D eigenvalue weighted by Crippen LogP contribution is -2.65. The third kappa shape index (κ3) is 11.1. The summed E-state index contributed by atoms with van der Waals surface area (Å²) in [6.45, 7) is 2.45. The first kappa shape index (κ1) is 53.1. The molecule has 4 aliphatic carbocycles. The summed E-state index contributed by atoms with van der Waals surface area (Å²) in [5, 5.41) is 68.5. The van der Waals surface area contributed by atoms with Gasteiger partial charge in [0.1, 0.15) is 29.0 Å². The highest BCUT2D eigenvalue weighted by molar-refractivity contribution is 5.89. The molecule has 12 atom stereocenters. The number of hydrogen-bond donors (Lipinski definition) is 7. The predicted octanol–water partition coefficient (Wildman–Crippen LogP) is 7.94. The number of ketones is 1. The van der Waals surface area contributed by atoms with E-state index in [2.05, 4.69) is 34.6 Å². The molecule has 0 unspecified atom stereocenters. The molecule has 10 rings (SSSR count). The molecule has 3 aromatic rings. The molecule has 3 saturated carbocycles. The number of carbonyl (C=O) groups is 3. The summed E-state index contributed by atoms with van der Waals surface area (Å²) in [6.07, 6.45) is 10.6. The van der Waals surface area contributed by atoms with Gasteiger partial charge in [0.2, 0.25) is 0 Å². The van der Waals surface area contributed by atoms with Gasteiger partial charge in [0.25, 0.3) is 0 Å². The molecule has 0 saturated heterocycles. The number of ether oxygens (including phenoxy) is 3. The summed E-state index contributed by atoms with van der Waals surface area (Å²) in [6, 6.07) is 15.4. The minimum absolute atomic E-state index is 0.0295. The summed E-state index contributed by atoms with van der Waals surface area (Å²) in [5.74, 6) is 3.18. The highest BCUT2D eigenvalue weighted by atomic mass is 16.6. The molecular formula is C62H76N2O11. The number of rotatable bonds is 11. The Morgan fingerprint density at radius 2 is 1.72 bits per heavy atom. The number of anilines is 1. The highest BCUT2D eigenvalue weighted by Crippen LogP contribution is 2.58. The Kier molecular flexibility index (Phi) is 15.8. The van der Waals surface area contributed by atoms with Crippen molar-refractivity contribution in [3.63, 3.8) is 0 Å². The normalized spacial score (nSPS) is 31.6. The number of aliphatic hydroxyl groups is 4. The van der Waals surface area contributed by atoms with E-state index in [0.29, 0.717) is 78.0 Å². The number of phenols is 1. The van der Waals surface area contributed by atoms with Gasteiger partial charge in [0.05, 0.1) is 30.1 Å². The van der Waals surface area contributed by atoms with Gasteiger partial charge in [-0.2, -0.15) is 0 Å². The summed E-state index contributed by atoms with van der Waals surface area (Å²) in [7, 11) is 3.33. The Morgan fingerprint density at radius 1 is 0.933 bits per heavy atom. The number of aromatic hydroxyl groups is 1. The summed E-state index contributed by atoms with van der Waals surface area (Å²) >= 11 is 0. The number of benzene rings is 3. The molecule has 10 bridgehead atoms. The molecule has 0 spiro atoms.